The maximum Gasteiger partial charge on any atom is 0.241 e. The lowest BCUT2D eigenvalue weighted by atomic mass is 10.3. The Bertz CT molecular complexity index is 497. The third kappa shape index (κ3) is 3.08. The molecule has 1 aliphatic carbocycles. The number of hydrogen-bond acceptors (Lipinski definition) is 5. The third-order valence-corrected chi connectivity index (χ3v) is 6.87. The fourth-order valence-corrected chi connectivity index (χ4v) is 5.66. The second-order valence-corrected chi connectivity index (χ2v) is 8.13. The monoisotopic (exact) mass is 307 g/mol. The summed E-state index contributed by atoms with van der Waals surface area (Å²) in [6.07, 6.45) is 5.07. The number of hydrogen-bond donors (Lipinski definition) is 2. The summed E-state index contributed by atoms with van der Waals surface area (Å²) in [6.45, 7) is -0.114. The lowest BCUT2D eigenvalue weighted by Crippen LogP contribution is -2.38. The summed E-state index contributed by atoms with van der Waals surface area (Å²) >= 11 is 2.99. The van der Waals surface area contributed by atoms with E-state index in [9.17, 15) is 8.42 Å². The van der Waals surface area contributed by atoms with Crippen molar-refractivity contribution in [2.75, 3.05) is 6.26 Å². The van der Waals surface area contributed by atoms with Crippen LogP contribution in [0.15, 0.2) is 16.3 Å². The lowest BCUT2D eigenvalue weighted by molar-refractivity contribution is 0.285. The van der Waals surface area contributed by atoms with Gasteiger partial charge in [-0.1, -0.05) is 6.42 Å². The van der Waals surface area contributed by atoms with Gasteiger partial charge in [0, 0.05) is 21.5 Å². The molecule has 2 N–H and O–H groups in total. The van der Waals surface area contributed by atoms with Gasteiger partial charge in [0.15, 0.2) is 0 Å². The van der Waals surface area contributed by atoms with Crippen LogP contribution in [0.4, 0.5) is 0 Å². The Kier molecular flexibility index (Phi) is 4.71. The number of aliphatic hydroxyl groups is 1. The summed E-state index contributed by atoms with van der Waals surface area (Å²) < 4.78 is 27.2. The number of aliphatic hydroxyl groups excluding tert-OH is 1. The first kappa shape index (κ1) is 14.3. The second-order valence-electron chi connectivity index (χ2n) is 4.34. The highest BCUT2D eigenvalue weighted by Crippen LogP contribution is 2.30. The highest BCUT2D eigenvalue weighted by atomic mass is 32.2. The van der Waals surface area contributed by atoms with Crippen LogP contribution in [0, 0.1) is 0 Å². The van der Waals surface area contributed by atoms with Crippen LogP contribution in [0.3, 0.4) is 0 Å². The van der Waals surface area contributed by atoms with Crippen LogP contribution in [-0.2, 0) is 16.6 Å². The van der Waals surface area contributed by atoms with Crippen LogP contribution in [0.5, 0.6) is 0 Å². The summed E-state index contributed by atoms with van der Waals surface area (Å²) in [6, 6.07) is 1.57. The normalized spacial score (nSPS) is 24.6. The van der Waals surface area contributed by atoms with E-state index in [1.807, 2.05) is 6.26 Å². The van der Waals surface area contributed by atoms with Crippen molar-refractivity contribution < 1.29 is 13.5 Å². The van der Waals surface area contributed by atoms with Gasteiger partial charge in [-0.2, -0.15) is 11.8 Å². The molecule has 0 aliphatic heterocycles. The number of sulfonamides is 1. The molecule has 2 rings (SSSR count). The van der Waals surface area contributed by atoms with Gasteiger partial charge in [-0.15, -0.1) is 11.3 Å². The molecule has 1 aromatic heterocycles. The summed E-state index contributed by atoms with van der Waals surface area (Å²) in [5.74, 6) is 0. The van der Waals surface area contributed by atoms with Gasteiger partial charge in [-0.3, -0.25) is 0 Å². The van der Waals surface area contributed by atoms with E-state index in [1.54, 1.807) is 17.1 Å². The van der Waals surface area contributed by atoms with Crippen LogP contribution < -0.4 is 4.72 Å². The number of thiophene rings is 1. The first-order valence-electron chi connectivity index (χ1n) is 5.80. The molecule has 1 heterocycles. The van der Waals surface area contributed by atoms with Crippen molar-refractivity contribution in [1.29, 1.82) is 0 Å². The Balaban J connectivity index is 2.11. The van der Waals surface area contributed by atoms with Gasteiger partial charge in [-0.25, -0.2) is 13.1 Å². The molecule has 0 aromatic carbocycles. The molecule has 18 heavy (non-hydrogen) atoms. The zero-order chi connectivity index (χ0) is 13.2. The minimum absolute atomic E-state index is 0.0301. The molecule has 2 atom stereocenters. The van der Waals surface area contributed by atoms with Gasteiger partial charge < -0.3 is 5.11 Å². The summed E-state index contributed by atoms with van der Waals surface area (Å²) in [7, 11) is -3.44. The Labute approximate surface area is 116 Å². The lowest BCUT2D eigenvalue weighted by Gasteiger charge is -2.18. The van der Waals surface area contributed by atoms with Gasteiger partial charge in [0.25, 0.3) is 0 Å². The molecule has 7 heteroatoms. The van der Waals surface area contributed by atoms with Crippen molar-refractivity contribution in [3.05, 3.63) is 16.3 Å². The molecule has 2 unspecified atom stereocenters. The molecule has 1 aliphatic rings. The van der Waals surface area contributed by atoms with Crippen LogP contribution in [0.25, 0.3) is 0 Å². The maximum absolute atomic E-state index is 12.2. The van der Waals surface area contributed by atoms with Gasteiger partial charge >= 0.3 is 0 Å². The molecule has 1 aromatic rings. The van der Waals surface area contributed by atoms with E-state index in [2.05, 4.69) is 4.72 Å². The van der Waals surface area contributed by atoms with E-state index in [1.165, 1.54) is 17.4 Å². The number of thioether (sulfide) groups is 1. The average Bonchev–Trinajstić information content (AvgIpc) is 2.96. The largest absolute Gasteiger partial charge is 0.391 e. The van der Waals surface area contributed by atoms with E-state index >= 15 is 0 Å². The van der Waals surface area contributed by atoms with Crippen molar-refractivity contribution in [3.63, 3.8) is 0 Å². The van der Waals surface area contributed by atoms with Crippen LogP contribution in [0.1, 0.15) is 24.1 Å². The fraction of sp³-hybridized carbons (Fsp3) is 0.636. The molecule has 0 spiro atoms. The second kappa shape index (κ2) is 5.92. The molecule has 1 saturated carbocycles. The fourth-order valence-electron chi connectivity index (χ4n) is 2.19. The van der Waals surface area contributed by atoms with Crippen molar-refractivity contribution in [1.82, 2.24) is 4.72 Å². The van der Waals surface area contributed by atoms with Crippen molar-refractivity contribution in [2.45, 2.75) is 42.1 Å². The van der Waals surface area contributed by atoms with Gasteiger partial charge in [0.2, 0.25) is 10.0 Å². The SMILES string of the molecule is CSC1CCCC1NS(=O)(=O)c1csc(CO)c1. The van der Waals surface area contributed by atoms with E-state index in [0.717, 1.165) is 19.3 Å². The molecule has 4 nitrogen and oxygen atoms in total. The molecule has 0 saturated heterocycles. The van der Waals surface area contributed by atoms with E-state index in [4.69, 9.17) is 5.11 Å². The molecule has 0 bridgehead atoms. The first-order valence-corrected chi connectivity index (χ1v) is 9.45. The molecule has 0 radical (unpaired) electrons. The van der Waals surface area contributed by atoms with E-state index in [-0.39, 0.29) is 17.5 Å². The summed E-state index contributed by atoms with van der Waals surface area (Å²) in [5, 5.41) is 10.9. The predicted molar refractivity (Wildman–Crippen MR) is 75.5 cm³/mol. The predicted octanol–water partition coefficient (Wildman–Crippen LogP) is 1.80. The number of nitrogens with one attached hydrogen (secondary N) is 1. The minimum atomic E-state index is -3.44. The van der Waals surface area contributed by atoms with Gasteiger partial charge in [-0.05, 0) is 25.2 Å². The van der Waals surface area contributed by atoms with E-state index in [0.29, 0.717) is 10.1 Å². The Morgan fingerprint density at radius 3 is 2.94 bits per heavy atom. The van der Waals surface area contributed by atoms with Crippen LogP contribution in [-0.4, -0.2) is 31.1 Å². The Hall–Kier alpha value is -0.0800. The van der Waals surface area contributed by atoms with Crippen molar-refractivity contribution in [3.8, 4) is 0 Å². The summed E-state index contributed by atoms with van der Waals surface area (Å²) in [4.78, 5) is 0.937. The molecule has 1 fully saturated rings. The van der Waals surface area contributed by atoms with Crippen molar-refractivity contribution >= 4 is 33.1 Å². The van der Waals surface area contributed by atoms with Gasteiger partial charge in [0.1, 0.15) is 0 Å². The average molecular weight is 307 g/mol. The maximum atomic E-state index is 12.2. The molecular weight excluding hydrogens is 290 g/mol. The van der Waals surface area contributed by atoms with Gasteiger partial charge in [0.05, 0.1) is 11.5 Å². The standard InChI is InChI=1S/C11H17NO3S3/c1-16-11-4-2-3-10(11)12-18(14,15)9-5-8(6-13)17-7-9/h5,7,10-13H,2-4,6H2,1H3. The highest BCUT2D eigenvalue weighted by molar-refractivity contribution is 7.99. The molecule has 102 valence electrons. The Morgan fingerprint density at radius 2 is 2.33 bits per heavy atom. The minimum Gasteiger partial charge on any atom is -0.391 e. The zero-order valence-electron chi connectivity index (χ0n) is 10.1. The summed E-state index contributed by atoms with van der Waals surface area (Å²) in [5.41, 5.74) is 0. The third-order valence-electron chi connectivity index (χ3n) is 3.16. The quantitative estimate of drug-likeness (QED) is 0.870. The zero-order valence-corrected chi connectivity index (χ0v) is 12.6. The van der Waals surface area contributed by atoms with Crippen LogP contribution in [0.2, 0.25) is 0 Å². The topological polar surface area (TPSA) is 66.4 Å². The van der Waals surface area contributed by atoms with E-state index < -0.39 is 10.0 Å². The molecule has 0 amide bonds. The van der Waals surface area contributed by atoms with Crippen LogP contribution >= 0.6 is 23.1 Å². The van der Waals surface area contributed by atoms with Crippen molar-refractivity contribution in [2.24, 2.45) is 0 Å². The Morgan fingerprint density at radius 1 is 1.56 bits per heavy atom. The number of rotatable bonds is 5. The highest BCUT2D eigenvalue weighted by Gasteiger charge is 2.30. The first-order chi connectivity index (χ1) is 8.56. The smallest absolute Gasteiger partial charge is 0.241 e. The molecular formula is C11H17NO3S3.